The molecule has 2 aliphatic carbocycles. The molecule has 5 nitrogen and oxygen atoms in total. The first-order valence-corrected chi connectivity index (χ1v) is 7.43. The van der Waals surface area contributed by atoms with Gasteiger partial charge in [-0.2, -0.15) is 0 Å². The topological polar surface area (TPSA) is 55.6 Å². The van der Waals surface area contributed by atoms with Gasteiger partial charge in [0.1, 0.15) is 0 Å². The molecule has 1 aromatic heterocycles. The molecule has 0 amide bonds. The summed E-state index contributed by atoms with van der Waals surface area (Å²) >= 11 is 0. The molecule has 0 bridgehead atoms. The van der Waals surface area contributed by atoms with Gasteiger partial charge >= 0.3 is 0 Å². The maximum Gasteiger partial charge on any atom is 0.165 e. The molecular weight excluding hydrogens is 226 g/mol. The van der Waals surface area contributed by atoms with E-state index in [1.807, 2.05) is 0 Å². The fourth-order valence-electron chi connectivity index (χ4n) is 2.81. The Bertz CT molecular complexity index is 363. The van der Waals surface area contributed by atoms with Gasteiger partial charge in [-0.1, -0.05) is 32.1 Å². The van der Waals surface area contributed by atoms with E-state index in [9.17, 15) is 0 Å². The lowest BCUT2D eigenvalue weighted by atomic mass is 9.97. The Balaban J connectivity index is 1.63. The van der Waals surface area contributed by atoms with Gasteiger partial charge in [0.2, 0.25) is 0 Å². The first-order valence-electron chi connectivity index (χ1n) is 7.43. The molecule has 0 aromatic carbocycles. The average Bonchev–Trinajstić information content (AvgIpc) is 3.05. The van der Waals surface area contributed by atoms with Gasteiger partial charge in [0, 0.05) is 6.04 Å². The predicted octanol–water partition coefficient (Wildman–Crippen LogP) is 2.21. The van der Waals surface area contributed by atoms with Crippen LogP contribution in [0.25, 0.3) is 0 Å². The average molecular weight is 249 g/mol. The lowest BCUT2D eigenvalue weighted by Crippen LogP contribution is -2.22. The summed E-state index contributed by atoms with van der Waals surface area (Å²) in [6, 6.07) is 1.24. The Labute approximate surface area is 108 Å². The molecule has 0 atom stereocenters. The Morgan fingerprint density at radius 2 is 1.72 bits per heavy atom. The number of hydrogen-bond donors (Lipinski definition) is 1. The molecule has 100 valence electrons. The second-order valence-corrected chi connectivity index (χ2v) is 5.69. The van der Waals surface area contributed by atoms with Gasteiger partial charge in [-0.05, 0) is 36.1 Å². The molecule has 3 rings (SSSR count). The third-order valence-corrected chi connectivity index (χ3v) is 4.11. The molecule has 1 heterocycles. The zero-order valence-electron chi connectivity index (χ0n) is 11.0. The Morgan fingerprint density at radius 1 is 1.00 bits per heavy atom. The summed E-state index contributed by atoms with van der Waals surface area (Å²) in [5.41, 5.74) is 0. The Morgan fingerprint density at radius 3 is 2.44 bits per heavy atom. The maximum atomic E-state index is 4.23. The van der Waals surface area contributed by atoms with Gasteiger partial charge in [0.15, 0.2) is 5.82 Å². The number of nitrogens with zero attached hydrogens (tertiary/aromatic N) is 4. The molecular formula is C13H23N5. The van der Waals surface area contributed by atoms with Gasteiger partial charge in [-0.25, -0.2) is 4.68 Å². The number of hydrogen-bond acceptors (Lipinski definition) is 4. The minimum absolute atomic E-state index is 0.524. The van der Waals surface area contributed by atoms with Crippen LogP contribution < -0.4 is 5.32 Å². The number of tetrazole rings is 1. The van der Waals surface area contributed by atoms with Crippen LogP contribution in [0, 0.1) is 0 Å². The van der Waals surface area contributed by atoms with Gasteiger partial charge < -0.3 is 5.32 Å². The molecule has 2 aliphatic rings. The standard InChI is InChI=1S/C13H23N5/c1-2-4-6-12(7-5-3-1)18-13(15-16-17-18)10-14-11-8-9-11/h11-12,14H,1-10H2. The molecule has 2 fully saturated rings. The van der Waals surface area contributed by atoms with Crippen molar-refractivity contribution in [1.29, 1.82) is 0 Å². The third-order valence-electron chi connectivity index (χ3n) is 4.11. The van der Waals surface area contributed by atoms with E-state index < -0.39 is 0 Å². The third kappa shape index (κ3) is 3.07. The first-order chi connectivity index (χ1) is 8.93. The summed E-state index contributed by atoms with van der Waals surface area (Å²) in [4.78, 5) is 0. The summed E-state index contributed by atoms with van der Waals surface area (Å²) in [7, 11) is 0. The molecule has 0 saturated heterocycles. The van der Waals surface area contributed by atoms with Gasteiger partial charge in [-0.15, -0.1) is 5.10 Å². The Hall–Kier alpha value is -0.970. The minimum Gasteiger partial charge on any atom is -0.307 e. The molecule has 1 aromatic rings. The van der Waals surface area contributed by atoms with Crippen LogP contribution in [0.15, 0.2) is 0 Å². The van der Waals surface area contributed by atoms with Crippen molar-refractivity contribution in [3.05, 3.63) is 5.82 Å². The molecule has 2 saturated carbocycles. The van der Waals surface area contributed by atoms with Crippen molar-refractivity contribution in [3.8, 4) is 0 Å². The van der Waals surface area contributed by atoms with Crippen LogP contribution in [0.2, 0.25) is 0 Å². The highest BCUT2D eigenvalue weighted by atomic mass is 15.6. The van der Waals surface area contributed by atoms with E-state index in [2.05, 4.69) is 25.5 Å². The number of rotatable bonds is 4. The zero-order chi connectivity index (χ0) is 12.2. The highest BCUT2D eigenvalue weighted by molar-refractivity contribution is 4.89. The predicted molar refractivity (Wildman–Crippen MR) is 69.0 cm³/mol. The van der Waals surface area contributed by atoms with E-state index in [-0.39, 0.29) is 0 Å². The SMILES string of the molecule is C1CCCC(n2nnnc2CNC2CC2)CCC1. The normalized spacial score (nSPS) is 22.7. The summed E-state index contributed by atoms with van der Waals surface area (Å²) in [5.74, 6) is 1.02. The molecule has 0 aliphatic heterocycles. The van der Waals surface area contributed by atoms with Crippen LogP contribution in [0.4, 0.5) is 0 Å². The lowest BCUT2D eigenvalue weighted by Gasteiger charge is -2.20. The molecule has 0 radical (unpaired) electrons. The van der Waals surface area contributed by atoms with E-state index >= 15 is 0 Å². The van der Waals surface area contributed by atoms with E-state index in [0.29, 0.717) is 12.1 Å². The van der Waals surface area contributed by atoms with Crippen LogP contribution >= 0.6 is 0 Å². The van der Waals surface area contributed by atoms with Gasteiger partial charge in [0.25, 0.3) is 0 Å². The van der Waals surface area contributed by atoms with Crippen molar-refractivity contribution in [2.24, 2.45) is 0 Å². The second-order valence-electron chi connectivity index (χ2n) is 5.69. The fourth-order valence-corrected chi connectivity index (χ4v) is 2.81. The van der Waals surface area contributed by atoms with Crippen LogP contribution in [-0.4, -0.2) is 26.2 Å². The van der Waals surface area contributed by atoms with Crippen LogP contribution in [0.3, 0.4) is 0 Å². The molecule has 1 N–H and O–H groups in total. The van der Waals surface area contributed by atoms with Crippen LogP contribution in [-0.2, 0) is 6.54 Å². The summed E-state index contributed by atoms with van der Waals surface area (Å²) in [6.07, 6.45) is 11.9. The Kier molecular flexibility index (Phi) is 3.88. The number of aromatic nitrogens is 4. The molecule has 0 spiro atoms. The van der Waals surface area contributed by atoms with Crippen molar-refractivity contribution >= 4 is 0 Å². The number of nitrogens with one attached hydrogen (secondary N) is 1. The molecule has 5 heteroatoms. The second kappa shape index (κ2) is 5.78. The summed E-state index contributed by atoms with van der Waals surface area (Å²) in [5, 5.41) is 15.8. The van der Waals surface area contributed by atoms with Crippen molar-refractivity contribution in [2.45, 2.75) is 76.4 Å². The zero-order valence-corrected chi connectivity index (χ0v) is 11.0. The van der Waals surface area contributed by atoms with Crippen molar-refractivity contribution < 1.29 is 0 Å². The molecule has 18 heavy (non-hydrogen) atoms. The van der Waals surface area contributed by atoms with Crippen molar-refractivity contribution in [3.63, 3.8) is 0 Å². The smallest absolute Gasteiger partial charge is 0.165 e. The van der Waals surface area contributed by atoms with Crippen LogP contribution in [0.5, 0.6) is 0 Å². The van der Waals surface area contributed by atoms with Crippen molar-refractivity contribution in [1.82, 2.24) is 25.5 Å². The van der Waals surface area contributed by atoms with E-state index in [0.717, 1.165) is 12.4 Å². The highest BCUT2D eigenvalue weighted by Crippen LogP contribution is 2.26. The monoisotopic (exact) mass is 249 g/mol. The highest BCUT2D eigenvalue weighted by Gasteiger charge is 2.23. The fraction of sp³-hybridized carbons (Fsp3) is 0.923. The first kappa shape index (κ1) is 12.1. The lowest BCUT2D eigenvalue weighted by molar-refractivity contribution is 0.332. The maximum absolute atomic E-state index is 4.23. The van der Waals surface area contributed by atoms with Gasteiger partial charge in [0.05, 0.1) is 12.6 Å². The summed E-state index contributed by atoms with van der Waals surface area (Å²) in [6.45, 7) is 0.828. The van der Waals surface area contributed by atoms with E-state index in [1.165, 1.54) is 57.8 Å². The van der Waals surface area contributed by atoms with E-state index in [4.69, 9.17) is 0 Å². The van der Waals surface area contributed by atoms with E-state index in [1.54, 1.807) is 0 Å². The summed E-state index contributed by atoms with van der Waals surface area (Å²) < 4.78 is 2.08. The van der Waals surface area contributed by atoms with Crippen LogP contribution in [0.1, 0.15) is 69.7 Å². The van der Waals surface area contributed by atoms with Gasteiger partial charge in [-0.3, -0.25) is 0 Å². The van der Waals surface area contributed by atoms with Crippen molar-refractivity contribution in [2.75, 3.05) is 0 Å². The largest absolute Gasteiger partial charge is 0.307 e. The quantitative estimate of drug-likeness (QED) is 0.889. The molecule has 0 unspecified atom stereocenters. The minimum atomic E-state index is 0.524.